The molecule has 2 aromatic carbocycles. The van der Waals surface area contributed by atoms with Gasteiger partial charge in [0.2, 0.25) is 11.8 Å². The first kappa shape index (κ1) is 18.3. The SMILES string of the molecule is O=C1CN(C(=O)Cn2cnc3scc(-c4ccccc4)c3c2=O)c2ccccc2N1. The number of aromatic nitrogens is 2. The van der Waals surface area contributed by atoms with Crippen LogP contribution in [0.5, 0.6) is 0 Å². The molecule has 7 nitrogen and oxygen atoms in total. The zero-order valence-corrected chi connectivity index (χ0v) is 16.6. The van der Waals surface area contributed by atoms with Crippen LogP contribution in [0.1, 0.15) is 0 Å². The number of nitrogens with zero attached hydrogens (tertiary/aromatic N) is 3. The summed E-state index contributed by atoms with van der Waals surface area (Å²) in [5.74, 6) is -0.621. The van der Waals surface area contributed by atoms with Gasteiger partial charge >= 0.3 is 0 Å². The largest absolute Gasteiger partial charge is 0.323 e. The third kappa shape index (κ3) is 3.07. The number of amides is 2. The Hall–Kier alpha value is -3.78. The second-order valence-electron chi connectivity index (χ2n) is 6.92. The molecule has 0 aliphatic carbocycles. The summed E-state index contributed by atoms with van der Waals surface area (Å²) in [6.07, 6.45) is 1.39. The third-order valence-corrected chi connectivity index (χ3v) is 5.91. The van der Waals surface area contributed by atoms with E-state index in [1.807, 2.05) is 35.7 Å². The van der Waals surface area contributed by atoms with Crippen molar-refractivity contribution < 1.29 is 9.59 Å². The van der Waals surface area contributed by atoms with E-state index in [0.717, 1.165) is 11.1 Å². The smallest absolute Gasteiger partial charge is 0.263 e. The monoisotopic (exact) mass is 416 g/mol. The summed E-state index contributed by atoms with van der Waals surface area (Å²) in [7, 11) is 0. The fourth-order valence-electron chi connectivity index (χ4n) is 3.60. The van der Waals surface area contributed by atoms with Crippen molar-refractivity contribution in [3.05, 3.63) is 76.7 Å². The molecule has 30 heavy (non-hydrogen) atoms. The lowest BCUT2D eigenvalue weighted by Gasteiger charge is -2.29. The maximum atomic E-state index is 13.2. The van der Waals surface area contributed by atoms with E-state index >= 15 is 0 Å². The molecule has 0 saturated heterocycles. The fourth-order valence-corrected chi connectivity index (χ4v) is 4.50. The maximum Gasteiger partial charge on any atom is 0.263 e. The van der Waals surface area contributed by atoms with Gasteiger partial charge in [0.1, 0.15) is 17.9 Å². The summed E-state index contributed by atoms with van der Waals surface area (Å²) in [4.78, 5) is 44.6. The molecule has 1 N–H and O–H groups in total. The Kier molecular flexibility index (Phi) is 4.40. The second-order valence-corrected chi connectivity index (χ2v) is 7.78. The zero-order valence-electron chi connectivity index (χ0n) is 15.7. The molecular formula is C22H16N4O3S. The molecule has 3 heterocycles. The van der Waals surface area contributed by atoms with Crippen LogP contribution in [0.2, 0.25) is 0 Å². The highest BCUT2D eigenvalue weighted by Gasteiger charge is 2.27. The molecule has 0 atom stereocenters. The van der Waals surface area contributed by atoms with Crippen LogP contribution in [-0.2, 0) is 16.1 Å². The molecule has 2 aromatic heterocycles. The highest BCUT2D eigenvalue weighted by atomic mass is 32.1. The quantitative estimate of drug-likeness (QED) is 0.556. The Balaban J connectivity index is 1.52. The molecule has 0 radical (unpaired) electrons. The van der Waals surface area contributed by atoms with Gasteiger partial charge in [0.05, 0.1) is 23.1 Å². The van der Waals surface area contributed by atoms with Gasteiger partial charge in [0.15, 0.2) is 0 Å². The molecule has 1 aliphatic heterocycles. The van der Waals surface area contributed by atoms with Gasteiger partial charge in [-0.15, -0.1) is 11.3 Å². The maximum absolute atomic E-state index is 13.2. The first-order valence-electron chi connectivity index (χ1n) is 9.33. The summed E-state index contributed by atoms with van der Waals surface area (Å²) >= 11 is 1.40. The average molecular weight is 416 g/mol. The number of hydrogen-bond donors (Lipinski definition) is 1. The number of hydrogen-bond acceptors (Lipinski definition) is 5. The van der Waals surface area contributed by atoms with Gasteiger partial charge < -0.3 is 5.32 Å². The van der Waals surface area contributed by atoms with Crippen molar-refractivity contribution in [2.45, 2.75) is 6.54 Å². The Morgan fingerprint density at radius 3 is 2.67 bits per heavy atom. The number of thiophene rings is 1. The molecule has 5 rings (SSSR count). The first-order valence-corrected chi connectivity index (χ1v) is 10.2. The Bertz CT molecular complexity index is 1340. The van der Waals surface area contributed by atoms with Gasteiger partial charge in [0.25, 0.3) is 5.56 Å². The molecule has 1 aliphatic rings. The topological polar surface area (TPSA) is 84.3 Å². The van der Waals surface area contributed by atoms with Gasteiger partial charge in [-0.25, -0.2) is 4.98 Å². The molecule has 0 bridgehead atoms. The summed E-state index contributed by atoms with van der Waals surface area (Å²) in [6.45, 7) is -0.290. The number of anilines is 2. The normalized spacial score (nSPS) is 13.2. The van der Waals surface area contributed by atoms with Crippen LogP contribution in [0, 0.1) is 0 Å². The lowest BCUT2D eigenvalue weighted by atomic mass is 10.1. The van der Waals surface area contributed by atoms with Crippen molar-refractivity contribution in [1.82, 2.24) is 9.55 Å². The summed E-state index contributed by atoms with van der Waals surface area (Å²) in [6, 6.07) is 16.7. The van der Waals surface area contributed by atoms with Gasteiger partial charge in [-0.2, -0.15) is 0 Å². The molecule has 0 fully saturated rings. The summed E-state index contributed by atoms with van der Waals surface area (Å²) < 4.78 is 1.30. The molecule has 0 unspecified atom stereocenters. The van der Waals surface area contributed by atoms with Crippen LogP contribution in [0.3, 0.4) is 0 Å². The molecule has 0 spiro atoms. The number of benzene rings is 2. The van der Waals surface area contributed by atoms with Crippen LogP contribution in [0.4, 0.5) is 11.4 Å². The zero-order chi connectivity index (χ0) is 20.7. The average Bonchev–Trinajstić information content (AvgIpc) is 3.20. The lowest BCUT2D eigenvalue weighted by molar-refractivity contribution is -0.122. The van der Waals surface area contributed by atoms with Crippen molar-refractivity contribution in [2.24, 2.45) is 0 Å². The fraction of sp³-hybridized carbons (Fsp3) is 0.0909. The first-order chi connectivity index (χ1) is 14.6. The number of fused-ring (bicyclic) bond motifs is 2. The van der Waals surface area contributed by atoms with E-state index in [-0.39, 0.29) is 30.5 Å². The number of nitrogens with one attached hydrogen (secondary N) is 1. The molecule has 4 aromatic rings. The Morgan fingerprint density at radius 1 is 1.07 bits per heavy atom. The van der Waals surface area contributed by atoms with Gasteiger partial charge in [-0.3, -0.25) is 23.9 Å². The van der Waals surface area contributed by atoms with E-state index in [4.69, 9.17) is 0 Å². The van der Waals surface area contributed by atoms with Crippen LogP contribution in [0.15, 0.2) is 71.1 Å². The van der Waals surface area contributed by atoms with E-state index in [9.17, 15) is 14.4 Å². The molecule has 8 heteroatoms. The van der Waals surface area contributed by atoms with E-state index in [2.05, 4.69) is 10.3 Å². The number of para-hydroxylation sites is 2. The van der Waals surface area contributed by atoms with Gasteiger partial charge in [-0.1, -0.05) is 42.5 Å². The van der Waals surface area contributed by atoms with E-state index in [0.29, 0.717) is 21.6 Å². The third-order valence-electron chi connectivity index (χ3n) is 5.02. The summed E-state index contributed by atoms with van der Waals surface area (Å²) in [5.41, 5.74) is 2.64. The standard InChI is InChI=1S/C22H16N4O3S/c27-18-10-26(17-9-5-4-8-16(17)24-18)19(28)11-25-13-23-21-20(22(25)29)15(12-30-21)14-6-2-1-3-7-14/h1-9,12-13H,10-11H2,(H,24,27). The minimum absolute atomic E-state index is 0.0893. The van der Waals surface area contributed by atoms with Crippen molar-refractivity contribution in [3.63, 3.8) is 0 Å². The predicted octanol–water partition coefficient (Wildman–Crippen LogP) is 3.11. The molecular weight excluding hydrogens is 400 g/mol. The Morgan fingerprint density at radius 2 is 1.83 bits per heavy atom. The van der Waals surface area contributed by atoms with Gasteiger partial charge in [0, 0.05) is 10.9 Å². The highest BCUT2D eigenvalue weighted by Crippen LogP contribution is 2.31. The minimum Gasteiger partial charge on any atom is -0.323 e. The van der Waals surface area contributed by atoms with Crippen LogP contribution in [-0.4, -0.2) is 27.9 Å². The van der Waals surface area contributed by atoms with Crippen LogP contribution >= 0.6 is 11.3 Å². The second kappa shape index (κ2) is 7.23. The predicted molar refractivity (Wildman–Crippen MR) is 117 cm³/mol. The number of carbonyl (C=O) groups is 2. The number of carbonyl (C=O) groups excluding carboxylic acids is 2. The highest BCUT2D eigenvalue weighted by molar-refractivity contribution is 7.17. The van der Waals surface area contributed by atoms with Crippen LogP contribution < -0.4 is 15.8 Å². The van der Waals surface area contributed by atoms with Crippen molar-refractivity contribution >= 4 is 44.7 Å². The van der Waals surface area contributed by atoms with E-state index < -0.39 is 0 Å². The van der Waals surface area contributed by atoms with Crippen LogP contribution in [0.25, 0.3) is 21.3 Å². The molecule has 148 valence electrons. The molecule has 2 amide bonds. The summed E-state index contributed by atoms with van der Waals surface area (Å²) in [5, 5.41) is 5.16. The van der Waals surface area contributed by atoms with Crippen molar-refractivity contribution in [1.29, 1.82) is 0 Å². The lowest BCUT2D eigenvalue weighted by Crippen LogP contribution is -2.44. The van der Waals surface area contributed by atoms with E-state index in [1.165, 1.54) is 27.1 Å². The molecule has 0 saturated carbocycles. The number of rotatable bonds is 3. The minimum atomic E-state index is -0.350. The Labute approximate surface area is 175 Å². The van der Waals surface area contributed by atoms with E-state index in [1.54, 1.807) is 24.3 Å². The van der Waals surface area contributed by atoms with Crippen molar-refractivity contribution in [3.8, 4) is 11.1 Å². The van der Waals surface area contributed by atoms with Gasteiger partial charge in [-0.05, 0) is 17.7 Å². The van der Waals surface area contributed by atoms with Crippen molar-refractivity contribution in [2.75, 3.05) is 16.8 Å².